The lowest BCUT2D eigenvalue weighted by Gasteiger charge is -2.19. The van der Waals surface area contributed by atoms with E-state index in [1.54, 1.807) is 30.2 Å². The summed E-state index contributed by atoms with van der Waals surface area (Å²) >= 11 is 0. The first kappa shape index (κ1) is 16.9. The van der Waals surface area contributed by atoms with Crippen LogP contribution in [0.2, 0.25) is 0 Å². The van der Waals surface area contributed by atoms with Gasteiger partial charge in [-0.3, -0.25) is 14.6 Å². The molecule has 0 aliphatic rings. The lowest BCUT2D eigenvalue weighted by Crippen LogP contribution is -2.37. The summed E-state index contributed by atoms with van der Waals surface area (Å²) in [5.41, 5.74) is 1.09. The summed E-state index contributed by atoms with van der Waals surface area (Å²) in [5, 5.41) is 5.82. The van der Waals surface area contributed by atoms with Crippen LogP contribution in [-0.4, -0.2) is 47.4 Å². The maximum absolute atomic E-state index is 12.2. The van der Waals surface area contributed by atoms with E-state index in [4.69, 9.17) is 0 Å². The highest BCUT2D eigenvalue weighted by molar-refractivity contribution is 5.93. The van der Waals surface area contributed by atoms with Crippen molar-refractivity contribution < 1.29 is 9.59 Å². The zero-order valence-corrected chi connectivity index (χ0v) is 13.1. The number of nitrogens with zero attached hydrogens (tertiary/aromatic N) is 2. The van der Waals surface area contributed by atoms with Crippen LogP contribution in [0.4, 0.5) is 5.69 Å². The van der Waals surface area contributed by atoms with Crippen molar-refractivity contribution in [1.29, 1.82) is 0 Å². The lowest BCUT2D eigenvalue weighted by molar-refractivity contribution is -0.121. The molecular weight excluding hydrogens is 268 g/mol. The van der Waals surface area contributed by atoms with E-state index in [1.807, 2.05) is 20.8 Å². The molecule has 2 N–H and O–H groups in total. The first-order valence-electron chi connectivity index (χ1n) is 7.33. The molecule has 6 heteroatoms. The molecule has 0 aliphatic carbocycles. The van der Waals surface area contributed by atoms with Crippen LogP contribution in [0.15, 0.2) is 18.3 Å². The van der Waals surface area contributed by atoms with Gasteiger partial charge in [0.1, 0.15) is 11.7 Å². The van der Waals surface area contributed by atoms with Gasteiger partial charge in [0.2, 0.25) is 5.91 Å². The highest BCUT2D eigenvalue weighted by Crippen LogP contribution is 2.11. The van der Waals surface area contributed by atoms with Crippen LogP contribution in [0, 0.1) is 0 Å². The van der Waals surface area contributed by atoms with Gasteiger partial charge in [-0.05, 0) is 39.8 Å². The van der Waals surface area contributed by atoms with E-state index < -0.39 is 0 Å². The molecule has 116 valence electrons. The molecule has 0 radical (unpaired) electrons. The fourth-order valence-corrected chi connectivity index (χ4v) is 1.95. The smallest absolute Gasteiger partial charge is 0.272 e. The predicted octanol–water partition coefficient (Wildman–Crippen LogP) is 1.50. The van der Waals surface area contributed by atoms with Crippen molar-refractivity contribution in [2.75, 3.05) is 25.0 Å². The van der Waals surface area contributed by atoms with Crippen LogP contribution in [-0.2, 0) is 4.79 Å². The molecule has 0 spiro atoms. The third-order valence-corrected chi connectivity index (χ3v) is 3.16. The SMILES string of the molecule is CCNC(=O)C(C)Nc1ccnc(C(=O)N(CC)CC)c1. The third kappa shape index (κ3) is 4.73. The number of amides is 2. The number of nitrogens with one attached hydrogen (secondary N) is 2. The van der Waals surface area contributed by atoms with E-state index in [1.165, 1.54) is 0 Å². The molecule has 1 aromatic heterocycles. The van der Waals surface area contributed by atoms with E-state index in [0.717, 1.165) is 0 Å². The molecule has 2 amide bonds. The van der Waals surface area contributed by atoms with Crippen molar-refractivity contribution in [2.45, 2.75) is 33.7 Å². The summed E-state index contributed by atoms with van der Waals surface area (Å²) in [7, 11) is 0. The maximum Gasteiger partial charge on any atom is 0.272 e. The molecule has 0 aliphatic heterocycles. The predicted molar refractivity (Wildman–Crippen MR) is 83.3 cm³/mol. The minimum atomic E-state index is -0.372. The third-order valence-electron chi connectivity index (χ3n) is 3.16. The largest absolute Gasteiger partial charge is 0.374 e. The van der Waals surface area contributed by atoms with E-state index in [0.29, 0.717) is 31.0 Å². The van der Waals surface area contributed by atoms with Crippen molar-refractivity contribution in [1.82, 2.24) is 15.2 Å². The molecule has 1 rings (SSSR count). The summed E-state index contributed by atoms with van der Waals surface area (Å²) in [4.78, 5) is 29.8. The lowest BCUT2D eigenvalue weighted by atomic mass is 10.2. The Morgan fingerprint density at radius 2 is 1.95 bits per heavy atom. The highest BCUT2D eigenvalue weighted by atomic mass is 16.2. The molecule has 6 nitrogen and oxygen atoms in total. The van der Waals surface area contributed by atoms with Gasteiger partial charge in [0.05, 0.1) is 0 Å². The number of carbonyl (C=O) groups is 2. The van der Waals surface area contributed by atoms with Crippen molar-refractivity contribution in [3.8, 4) is 0 Å². The minimum Gasteiger partial charge on any atom is -0.374 e. The van der Waals surface area contributed by atoms with Gasteiger partial charge in [-0.15, -0.1) is 0 Å². The molecule has 0 saturated heterocycles. The Morgan fingerprint density at radius 1 is 1.29 bits per heavy atom. The molecule has 1 heterocycles. The van der Waals surface area contributed by atoms with Crippen LogP contribution in [0.5, 0.6) is 0 Å². The van der Waals surface area contributed by atoms with Gasteiger partial charge in [0.25, 0.3) is 5.91 Å². The van der Waals surface area contributed by atoms with Crippen LogP contribution >= 0.6 is 0 Å². The second-order valence-electron chi connectivity index (χ2n) is 4.67. The van der Waals surface area contributed by atoms with Crippen molar-refractivity contribution in [3.05, 3.63) is 24.0 Å². The monoisotopic (exact) mass is 292 g/mol. The van der Waals surface area contributed by atoms with Crippen molar-refractivity contribution in [2.24, 2.45) is 0 Å². The summed E-state index contributed by atoms with van der Waals surface area (Å²) in [5.74, 6) is -0.180. The normalized spacial score (nSPS) is 11.6. The van der Waals surface area contributed by atoms with Gasteiger partial charge < -0.3 is 15.5 Å². The van der Waals surface area contributed by atoms with E-state index in [2.05, 4.69) is 15.6 Å². The number of hydrogen-bond acceptors (Lipinski definition) is 4. The Hall–Kier alpha value is -2.11. The molecule has 1 atom stereocenters. The second kappa shape index (κ2) is 8.24. The summed E-state index contributed by atoms with van der Waals surface area (Å²) in [6, 6.07) is 3.05. The van der Waals surface area contributed by atoms with Crippen LogP contribution < -0.4 is 10.6 Å². The summed E-state index contributed by atoms with van der Waals surface area (Å²) in [6.07, 6.45) is 1.57. The van der Waals surface area contributed by atoms with Crippen molar-refractivity contribution in [3.63, 3.8) is 0 Å². The van der Waals surface area contributed by atoms with Gasteiger partial charge >= 0.3 is 0 Å². The fraction of sp³-hybridized carbons (Fsp3) is 0.533. The molecule has 0 aromatic carbocycles. The topological polar surface area (TPSA) is 74.3 Å². The van der Waals surface area contributed by atoms with Crippen molar-refractivity contribution >= 4 is 17.5 Å². The summed E-state index contributed by atoms with van der Waals surface area (Å²) < 4.78 is 0. The average molecular weight is 292 g/mol. The fourth-order valence-electron chi connectivity index (χ4n) is 1.95. The Morgan fingerprint density at radius 3 is 2.52 bits per heavy atom. The molecule has 21 heavy (non-hydrogen) atoms. The Kier molecular flexibility index (Phi) is 6.65. The van der Waals surface area contributed by atoms with Crippen LogP contribution in [0.25, 0.3) is 0 Å². The number of anilines is 1. The number of likely N-dealkylation sites (N-methyl/N-ethyl adjacent to an activating group) is 1. The molecule has 1 aromatic rings. The van der Waals surface area contributed by atoms with Gasteiger partial charge in [0.15, 0.2) is 0 Å². The number of aromatic nitrogens is 1. The zero-order valence-electron chi connectivity index (χ0n) is 13.1. The molecular formula is C15H24N4O2. The molecule has 1 unspecified atom stereocenters. The van der Waals surface area contributed by atoms with Gasteiger partial charge in [-0.2, -0.15) is 0 Å². The van der Waals surface area contributed by atoms with Crippen LogP contribution in [0.3, 0.4) is 0 Å². The average Bonchev–Trinajstić information content (AvgIpc) is 2.48. The second-order valence-corrected chi connectivity index (χ2v) is 4.67. The highest BCUT2D eigenvalue weighted by Gasteiger charge is 2.16. The maximum atomic E-state index is 12.2. The van der Waals surface area contributed by atoms with Gasteiger partial charge in [-0.25, -0.2) is 0 Å². The number of rotatable bonds is 7. The van der Waals surface area contributed by atoms with E-state index in [-0.39, 0.29) is 17.9 Å². The van der Waals surface area contributed by atoms with E-state index >= 15 is 0 Å². The summed E-state index contributed by atoms with van der Waals surface area (Å²) in [6.45, 7) is 9.39. The number of hydrogen-bond donors (Lipinski definition) is 2. The first-order valence-corrected chi connectivity index (χ1v) is 7.33. The number of pyridine rings is 1. The zero-order chi connectivity index (χ0) is 15.8. The number of carbonyl (C=O) groups excluding carboxylic acids is 2. The minimum absolute atomic E-state index is 0.0778. The molecule has 0 fully saturated rings. The molecule has 0 bridgehead atoms. The van der Waals surface area contributed by atoms with E-state index in [9.17, 15) is 9.59 Å². The Labute approximate surface area is 125 Å². The quantitative estimate of drug-likeness (QED) is 0.798. The van der Waals surface area contributed by atoms with Gasteiger partial charge in [-0.1, -0.05) is 0 Å². The van der Waals surface area contributed by atoms with Crippen LogP contribution in [0.1, 0.15) is 38.2 Å². The first-order chi connectivity index (χ1) is 10.0. The standard InChI is InChI=1S/C15H24N4O2/c1-5-16-14(20)11(4)18-12-8-9-17-13(10-12)15(21)19(6-2)7-3/h8-11H,5-7H2,1-4H3,(H,16,20)(H,17,18). The molecule has 0 saturated carbocycles. The Bertz CT molecular complexity index is 486. The Balaban J connectivity index is 2.81. The van der Waals surface area contributed by atoms with Gasteiger partial charge in [0, 0.05) is 31.5 Å².